The molecule has 0 fully saturated rings. The van der Waals surface area contributed by atoms with Gasteiger partial charge < -0.3 is 14.8 Å². The number of benzene rings is 3. The van der Waals surface area contributed by atoms with E-state index in [1.807, 2.05) is 36.4 Å². The summed E-state index contributed by atoms with van der Waals surface area (Å²) in [5.74, 6) is 1.02. The topological polar surface area (TPSA) is 73.3 Å². The van der Waals surface area contributed by atoms with Gasteiger partial charge in [0.1, 0.15) is 16.5 Å². The van der Waals surface area contributed by atoms with E-state index < -0.39 is 0 Å². The Kier molecular flexibility index (Phi) is 7.04. The summed E-state index contributed by atoms with van der Waals surface area (Å²) in [5.41, 5.74) is 2.36. The molecule has 0 aliphatic carbocycles. The summed E-state index contributed by atoms with van der Waals surface area (Å²) in [5, 5.41) is 14.1. The molecular weight excluding hydrogens is 441 g/mol. The van der Waals surface area contributed by atoms with Gasteiger partial charge in [0, 0.05) is 22.9 Å². The average molecular weight is 464 g/mol. The minimum Gasteiger partial charge on any atom is -0.493 e. The van der Waals surface area contributed by atoms with Gasteiger partial charge in [-0.25, -0.2) is 4.39 Å². The number of hydrogen-bond donors (Lipinski definition) is 1. The Morgan fingerprint density at radius 1 is 0.939 bits per heavy atom. The number of aromatic nitrogens is 2. The Hall–Kier alpha value is -3.65. The molecule has 0 aliphatic rings. The summed E-state index contributed by atoms with van der Waals surface area (Å²) in [6, 6.07) is 19.4. The third kappa shape index (κ3) is 5.23. The Balaban J connectivity index is 1.45. The van der Waals surface area contributed by atoms with Crippen LogP contribution in [0.3, 0.4) is 0 Å². The maximum atomic E-state index is 13.3. The molecule has 3 aromatic carbocycles. The highest BCUT2D eigenvalue weighted by Gasteiger charge is 2.13. The fraction of sp³-hybridized carbons (Fsp3) is 0.160. The smallest absolute Gasteiger partial charge is 0.230 e. The highest BCUT2D eigenvalue weighted by molar-refractivity contribution is 8.00. The number of rotatable bonds is 8. The molecule has 0 atom stereocenters. The van der Waals surface area contributed by atoms with Crippen molar-refractivity contribution in [3.63, 3.8) is 0 Å². The van der Waals surface area contributed by atoms with Crippen LogP contribution in [0.2, 0.25) is 0 Å². The van der Waals surface area contributed by atoms with E-state index in [0.717, 1.165) is 21.9 Å². The average Bonchev–Trinajstić information content (AvgIpc) is 2.86. The zero-order valence-corrected chi connectivity index (χ0v) is 19.0. The molecule has 168 valence electrons. The van der Waals surface area contributed by atoms with Gasteiger partial charge in [0.25, 0.3) is 0 Å². The molecule has 0 saturated carbocycles. The Bertz CT molecular complexity index is 1280. The molecule has 4 rings (SSSR count). The van der Waals surface area contributed by atoms with E-state index in [2.05, 4.69) is 15.5 Å². The van der Waals surface area contributed by atoms with E-state index in [1.54, 1.807) is 32.4 Å². The van der Waals surface area contributed by atoms with Crippen molar-refractivity contribution < 1.29 is 18.7 Å². The predicted molar refractivity (Wildman–Crippen MR) is 127 cm³/mol. The fourth-order valence-corrected chi connectivity index (χ4v) is 4.18. The number of hydrogen-bond acceptors (Lipinski definition) is 6. The summed E-state index contributed by atoms with van der Waals surface area (Å²) in [4.78, 5) is 12.5. The Labute approximate surface area is 195 Å². The number of carbonyl (C=O) groups is 1. The van der Waals surface area contributed by atoms with Crippen molar-refractivity contribution in [2.75, 3.05) is 20.0 Å². The number of nitrogens with one attached hydrogen (secondary N) is 1. The molecule has 0 unspecified atom stereocenters. The van der Waals surface area contributed by atoms with Gasteiger partial charge in [-0.2, -0.15) is 0 Å². The minimum absolute atomic E-state index is 0.122. The van der Waals surface area contributed by atoms with E-state index in [-0.39, 0.29) is 17.5 Å². The van der Waals surface area contributed by atoms with Crippen LogP contribution in [-0.2, 0) is 11.3 Å². The van der Waals surface area contributed by atoms with Crippen molar-refractivity contribution >= 4 is 28.4 Å². The number of ether oxygens (including phenoxy) is 2. The highest BCUT2D eigenvalue weighted by Crippen LogP contribution is 2.32. The summed E-state index contributed by atoms with van der Waals surface area (Å²) < 4.78 is 23.8. The fourth-order valence-electron chi connectivity index (χ4n) is 3.38. The third-order valence-corrected chi connectivity index (χ3v) is 6.03. The maximum absolute atomic E-state index is 13.3. The summed E-state index contributed by atoms with van der Waals surface area (Å²) in [6.45, 7) is 0.371. The van der Waals surface area contributed by atoms with Crippen molar-refractivity contribution in [1.82, 2.24) is 15.5 Å². The van der Waals surface area contributed by atoms with Crippen molar-refractivity contribution in [3.8, 4) is 22.8 Å². The molecule has 4 aromatic rings. The zero-order valence-electron chi connectivity index (χ0n) is 18.2. The van der Waals surface area contributed by atoms with Crippen LogP contribution in [-0.4, -0.2) is 36.1 Å². The summed E-state index contributed by atoms with van der Waals surface area (Å²) >= 11 is 1.32. The lowest BCUT2D eigenvalue weighted by molar-refractivity contribution is -0.118. The molecule has 1 heterocycles. The molecule has 0 radical (unpaired) electrons. The van der Waals surface area contributed by atoms with Gasteiger partial charge in [-0.05, 0) is 42.0 Å². The van der Waals surface area contributed by atoms with Crippen LogP contribution in [0.15, 0.2) is 71.8 Å². The van der Waals surface area contributed by atoms with Gasteiger partial charge >= 0.3 is 0 Å². The highest BCUT2D eigenvalue weighted by atomic mass is 32.2. The standard InChI is InChI=1S/C25H22FN3O3S/c1-31-21-12-7-16(13-22(21)32-2)14-27-23(30)15-33-25-20-6-4-3-5-19(20)24(28-29-25)17-8-10-18(26)11-9-17/h3-13H,14-15H2,1-2H3,(H,27,30). The molecule has 33 heavy (non-hydrogen) atoms. The Morgan fingerprint density at radius 3 is 2.39 bits per heavy atom. The van der Waals surface area contributed by atoms with Crippen LogP contribution in [0.25, 0.3) is 22.0 Å². The normalized spacial score (nSPS) is 10.8. The molecule has 1 N–H and O–H groups in total. The number of amides is 1. The van der Waals surface area contributed by atoms with Gasteiger partial charge in [0.05, 0.1) is 20.0 Å². The van der Waals surface area contributed by atoms with Crippen LogP contribution < -0.4 is 14.8 Å². The molecule has 1 aromatic heterocycles. The SMILES string of the molecule is COc1ccc(CNC(=O)CSc2nnc(-c3ccc(F)cc3)c3ccccc23)cc1OC. The molecule has 6 nitrogen and oxygen atoms in total. The third-order valence-electron chi connectivity index (χ3n) is 5.05. The predicted octanol–water partition coefficient (Wildman–Crippen LogP) is 4.86. The van der Waals surface area contributed by atoms with Gasteiger partial charge in [0.2, 0.25) is 5.91 Å². The van der Waals surface area contributed by atoms with Crippen molar-refractivity contribution in [1.29, 1.82) is 0 Å². The first-order chi connectivity index (χ1) is 16.1. The number of nitrogens with zero attached hydrogens (tertiary/aromatic N) is 2. The zero-order chi connectivity index (χ0) is 23.2. The molecule has 0 saturated heterocycles. The Morgan fingerprint density at radius 2 is 1.67 bits per heavy atom. The number of thioether (sulfide) groups is 1. The first-order valence-corrected chi connectivity index (χ1v) is 11.2. The lowest BCUT2D eigenvalue weighted by Gasteiger charge is -2.11. The number of halogens is 1. The van der Waals surface area contributed by atoms with Gasteiger partial charge in [0.15, 0.2) is 11.5 Å². The lowest BCUT2D eigenvalue weighted by Crippen LogP contribution is -2.24. The monoisotopic (exact) mass is 463 g/mol. The molecular formula is C25H22FN3O3S. The quantitative estimate of drug-likeness (QED) is 0.376. The van der Waals surface area contributed by atoms with Crippen LogP contribution in [0.1, 0.15) is 5.56 Å². The lowest BCUT2D eigenvalue weighted by atomic mass is 10.1. The van der Waals surface area contributed by atoms with Crippen LogP contribution in [0, 0.1) is 5.82 Å². The van der Waals surface area contributed by atoms with Crippen molar-refractivity contribution in [2.24, 2.45) is 0 Å². The van der Waals surface area contributed by atoms with Crippen LogP contribution in [0.4, 0.5) is 4.39 Å². The van der Waals surface area contributed by atoms with Crippen LogP contribution in [0.5, 0.6) is 11.5 Å². The second-order valence-corrected chi connectivity index (χ2v) is 8.13. The second kappa shape index (κ2) is 10.3. The molecule has 0 spiro atoms. The van der Waals surface area contributed by atoms with Gasteiger partial charge in [-0.15, -0.1) is 10.2 Å². The van der Waals surface area contributed by atoms with E-state index in [9.17, 15) is 9.18 Å². The van der Waals surface area contributed by atoms with E-state index >= 15 is 0 Å². The van der Waals surface area contributed by atoms with E-state index in [0.29, 0.717) is 28.8 Å². The van der Waals surface area contributed by atoms with Gasteiger partial charge in [-0.3, -0.25) is 4.79 Å². The summed E-state index contributed by atoms with van der Waals surface area (Å²) in [7, 11) is 3.15. The second-order valence-electron chi connectivity index (χ2n) is 7.16. The molecule has 1 amide bonds. The number of fused-ring (bicyclic) bond motifs is 1. The first-order valence-electron chi connectivity index (χ1n) is 10.2. The molecule has 8 heteroatoms. The van der Waals surface area contributed by atoms with E-state index in [1.165, 1.54) is 23.9 Å². The molecule has 0 aliphatic heterocycles. The van der Waals surface area contributed by atoms with Crippen molar-refractivity contribution in [3.05, 3.63) is 78.1 Å². The maximum Gasteiger partial charge on any atom is 0.230 e. The molecule has 0 bridgehead atoms. The number of methoxy groups -OCH3 is 2. The summed E-state index contributed by atoms with van der Waals surface area (Å²) in [6.07, 6.45) is 0. The van der Waals surface area contributed by atoms with Gasteiger partial charge in [-0.1, -0.05) is 42.1 Å². The minimum atomic E-state index is -0.303. The first kappa shape index (κ1) is 22.5. The van der Waals surface area contributed by atoms with Crippen molar-refractivity contribution in [2.45, 2.75) is 11.6 Å². The van der Waals surface area contributed by atoms with E-state index in [4.69, 9.17) is 9.47 Å². The largest absolute Gasteiger partial charge is 0.493 e. The van der Waals surface area contributed by atoms with Crippen LogP contribution >= 0.6 is 11.8 Å². The number of carbonyl (C=O) groups excluding carboxylic acids is 1.